The van der Waals surface area contributed by atoms with Gasteiger partial charge in [0.05, 0.1) is 5.71 Å². The van der Waals surface area contributed by atoms with Crippen molar-refractivity contribution in [3.05, 3.63) is 89.4 Å². The minimum atomic E-state index is -0.401. The second-order valence-electron chi connectivity index (χ2n) is 5.87. The number of benzene rings is 2. The number of carbonyl (C=O) groups excluding carboxylic acids is 1. The van der Waals surface area contributed by atoms with Gasteiger partial charge in [-0.05, 0) is 43.7 Å². The molecule has 0 unspecified atom stereocenters. The molecule has 0 aliphatic heterocycles. The van der Waals surface area contributed by atoms with Crippen molar-refractivity contribution < 1.29 is 13.9 Å². The smallest absolute Gasteiger partial charge is 0.307 e. The van der Waals surface area contributed by atoms with Crippen molar-refractivity contribution in [3.63, 3.8) is 0 Å². The number of para-hydroxylation sites is 1. The minimum absolute atomic E-state index is 0.192. The predicted octanol–water partition coefficient (Wildman–Crippen LogP) is 4.32. The molecule has 0 saturated heterocycles. The zero-order valence-corrected chi connectivity index (χ0v) is 14.7. The largest absolute Gasteiger partial charge is 0.486 e. The van der Waals surface area contributed by atoms with Crippen LogP contribution in [-0.4, -0.2) is 11.6 Å². The zero-order chi connectivity index (χ0) is 18.4. The molecule has 0 radical (unpaired) electrons. The van der Waals surface area contributed by atoms with Crippen LogP contribution in [0.25, 0.3) is 0 Å². The molecular formula is C21H20N2O3. The molecule has 1 heterocycles. The van der Waals surface area contributed by atoms with Crippen LogP contribution < -0.4 is 10.2 Å². The standard InChI is InChI=1S/C21H20N2O3/c1-15-8-10-17(11-9-15)16(2)22-23-21(24)20-13-12-19(26-20)14-25-18-6-4-3-5-7-18/h3-13H,14H2,1-2H3,(H,23,24)/b22-16-. The molecule has 5 heteroatoms. The van der Waals surface area contributed by atoms with Gasteiger partial charge in [0.15, 0.2) is 5.76 Å². The molecule has 3 rings (SSSR count). The van der Waals surface area contributed by atoms with Gasteiger partial charge in [0.1, 0.15) is 18.1 Å². The van der Waals surface area contributed by atoms with Crippen LogP contribution in [-0.2, 0) is 6.61 Å². The van der Waals surface area contributed by atoms with E-state index in [1.54, 1.807) is 12.1 Å². The van der Waals surface area contributed by atoms with Crippen molar-refractivity contribution in [1.29, 1.82) is 0 Å². The fourth-order valence-electron chi connectivity index (χ4n) is 2.30. The first-order valence-electron chi connectivity index (χ1n) is 8.30. The van der Waals surface area contributed by atoms with E-state index in [-0.39, 0.29) is 12.4 Å². The summed E-state index contributed by atoms with van der Waals surface area (Å²) in [6.45, 7) is 4.11. The highest BCUT2D eigenvalue weighted by atomic mass is 16.5. The van der Waals surface area contributed by atoms with Gasteiger partial charge in [0, 0.05) is 0 Å². The van der Waals surface area contributed by atoms with Crippen LogP contribution in [0.1, 0.15) is 34.4 Å². The van der Waals surface area contributed by atoms with E-state index < -0.39 is 5.91 Å². The molecule has 1 N–H and O–H groups in total. The van der Waals surface area contributed by atoms with Crippen LogP contribution >= 0.6 is 0 Å². The monoisotopic (exact) mass is 348 g/mol. The van der Waals surface area contributed by atoms with Gasteiger partial charge in [0.25, 0.3) is 0 Å². The number of nitrogens with one attached hydrogen (secondary N) is 1. The van der Waals surface area contributed by atoms with Crippen molar-refractivity contribution in [3.8, 4) is 5.75 Å². The number of furan rings is 1. The lowest BCUT2D eigenvalue weighted by Crippen LogP contribution is -2.18. The minimum Gasteiger partial charge on any atom is -0.486 e. The number of hydrazone groups is 1. The molecule has 26 heavy (non-hydrogen) atoms. The van der Waals surface area contributed by atoms with Crippen LogP contribution in [0, 0.1) is 6.92 Å². The molecule has 0 bridgehead atoms. The number of amides is 1. The van der Waals surface area contributed by atoms with Gasteiger partial charge in [-0.3, -0.25) is 4.79 Å². The van der Waals surface area contributed by atoms with E-state index in [2.05, 4.69) is 10.5 Å². The second-order valence-corrected chi connectivity index (χ2v) is 5.87. The van der Waals surface area contributed by atoms with Gasteiger partial charge >= 0.3 is 5.91 Å². The molecule has 0 saturated carbocycles. The highest BCUT2D eigenvalue weighted by Crippen LogP contribution is 2.14. The number of hydrogen-bond acceptors (Lipinski definition) is 4. The lowest BCUT2D eigenvalue weighted by molar-refractivity contribution is 0.0923. The fraction of sp³-hybridized carbons (Fsp3) is 0.143. The molecule has 1 amide bonds. The first kappa shape index (κ1) is 17.5. The second kappa shape index (κ2) is 8.16. The molecule has 132 valence electrons. The molecule has 0 fully saturated rings. The van der Waals surface area contributed by atoms with Gasteiger partial charge in [-0.25, -0.2) is 5.43 Å². The van der Waals surface area contributed by atoms with E-state index in [1.807, 2.05) is 68.4 Å². The first-order chi connectivity index (χ1) is 12.6. The maximum atomic E-state index is 12.2. The first-order valence-corrected chi connectivity index (χ1v) is 8.30. The molecule has 2 aromatic carbocycles. The third-order valence-corrected chi connectivity index (χ3v) is 3.80. The molecule has 0 aliphatic rings. The maximum Gasteiger partial charge on any atom is 0.307 e. The lowest BCUT2D eigenvalue weighted by atomic mass is 10.1. The Labute approximate surface area is 152 Å². The summed E-state index contributed by atoms with van der Waals surface area (Å²) >= 11 is 0. The summed E-state index contributed by atoms with van der Waals surface area (Å²) in [5.74, 6) is 1.10. The van der Waals surface area contributed by atoms with Crippen molar-refractivity contribution in [2.45, 2.75) is 20.5 Å². The summed E-state index contributed by atoms with van der Waals surface area (Å²) in [6, 6.07) is 20.7. The zero-order valence-electron chi connectivity index (χ0n) is 14.7. The Hall–Kier alpha value is -3.34. The molecule has 5 nitrogen and oxygen atoms in total. The van der Waals surface area contributed by atoms with E-state index in [4.69, 9.17) is 9.15 Å². The van der Waals surface area contributed by atoms with E-state index >= 15 is 0 Å². The average molecular weight is 348 g/mol. The van der Waals surface area contributed by atoms with Crippen LogP contribution in [0.4, 0.5) is 0 Å². The van der Waals surface area contributed by atoms with Crippen LogP contribution in [0.2, 0.25) is 0 Å². The number of aryl methyl sites for hydroxylation is 1. The van der Waals surface area contributed by atoms with Gasteiger partial charge in [-0.2, -0.15) is 5.10 Å². The highest BCUT2D eigenvalue weighted by molar-refractivity contribution is 6.00. The summed E-state index contributed by atoms with van der Waals surface area (Å²) in [5.41, 5.74) is 5.36. The summed E-state index contributed by atoms with van der Waals surface area (Å²) in [6.07, 6.45) is 0. The van der Waals surface area contributed by atoms with Gasteiger partial charge in [-0.1, -0.05) is 48.0 Å². The van der Waals surface area contributed by atoms with Crippen molar-refractivity contribution in [2.75, 3.05) is 0 Å². The van der Waals surface area contributed by atoms with Gasteiger partial charge < -0.3 is 9.15 Å². The normalized spacial score (nSPS) is 11.2. The van der Waals surface area contributed by atoms with E-state index in [9.17, 15) is 4.79 Å². The Morgan fingerprint density at radius 1 is 1.04 bits per heavy atom. The van der Waals surface area contributed by atoms with Crippen LogP contribution in [0.5, 0.6) is 5.75 Å². The topological polar surface area (TPSA) is 63.8 Å². The Morgan fingerprint density at radius 3 is 2.50 bits per heavy atom. The lowest BCUT2D eigenvalue weighted by Gasteiger charge is -2.03. The summed E-state index contributed by atoms with van der Waals surface area (Å²) in [5, 5.41) is 4.13. The third-order valence-electron chi connectivity index (χ3n) is 3.80. The Kier molecular flexibility index (Phi) is 5.49. The third kappa shape index (κ3) is 4.60. The molecule has 3 aromatic rings. The maximum absolute atomic E-state index is 12.2. The molecule has 0 aliphatic carbocycles. The van der Waals surface area contributed by atoms with Crippen molar-refractivity contribution >= 4 is 11.6 Å². The van der Waals surface area contributed by atoms with Crippen LogP contribution in [0.15, 0.2) is 76.2 Å². The molecule has 0 spiro atoms. The number of nitrogens with zero attached hydrogens (tertiary/aromatic N) is 1. The van der Waals surface area contributed by atoms with Gasteiger partial charge in [0.2, 0.25) is 0 Å². The fourth-order valence-corrected chi connectivity index (χ4v) is 2.30. The van der Waals surface area contributed by atoms with E-state index in [1.165, 1.54) is 5.56 Å². The number of hydrogen-bond donors (Lipinski definition) is 1. The van der Waals surface area contributed by atoms with Crippen LogP contribution in [0.3, 0.4) is 0 Å². The quantitative estimate of drug-likeness (QED) is 0.533. The average Bonchev–Trinajstić information content (AvgIpc) is 3.15. The molecule has 1 aromatic heterocycles. The van der Waals surface area contributed by atoms with E-state index in [0.717, 1.165) is 17.0 Å². The van der Waals surface area contributed by atoms with E-state index in [0.29, 0.717) is 5.76 Å². The Bertz CT molecular complexity index is 897. The number of carbonyl (C=O) groups is 1. The summed E-state index contributed by atoms with van der Waals surface area (Å²) < 4.78 is 11.1. The Morgan fingerprint density at radius 2 is 1.77 bits per heavy atom. The summed E-state index contributed by atoms with van der Waals surface area (Å²) in [4.78, 5) is 12.2. The highest BCUT2D eigenvalue weighted by Gasteiger charge is 2.11. The summed E-state index contributed by atoms with van der Waals surface area (Å²) in [7, 11) is 0. The SMILES string of the molecule is C/C(=N/NC(=O)c1ccc(COc2ccccc2)o1)c1ccc(C)cc1. The molecular weight excluding hydrogens is 328 g/mol. The van der Waals surface area contributed by atoms with Crippen molar-refractivity contribution in [1.82, 2.24) is 5.43 Å². The number of ether oxygens (including phenoxy) is 1. The Balaban J connectivity index is 1.57. The van der Waals surface area contributed by atoms with Crippen molar-refractivity contribution in [2.24, 2.45) is 5.10 Å². The predicted molar refractivity (Wildman–Crippen MR) is 100 cm³/mol. The van der Waals surface area contributed by atoms with Gasteiger partial charge in [-0.15, -0.1) is 0 Å². The number of rotatable bonds is 6. The molecule has 0 atom stereocenters.